The van der Waals surface area contributed by atoms with Gasteiger partial charge in [0.15, 0.2) is 5.78 Å². The van der Waals surface area contributed by atoms with Crippen LogP contribution in [0, 0.1) is 5.92 Å². The van der Waals surface area contributed by atoms with E-state index in [1.54, 1.807) is 0 Å². The van der Waals surface area contributed by atoms with Crippen molar-refractivity contribution in [3.8, 4) is 0 Å². The van der Waals surface area contributed by atoms with Crippen LogP contribution >= 0.6 is 27.3 Å². The molecule has 1 aromatic heterocycles. The molecule has 0 bridgehead atoms. The van der Waals surface area contributed by atoms with Crippen molar-refractivity contribution in [2.24, 2.45) is 5.92 Å². The number of hydrogen-bond donors (Lipinski definition) is 1. The average molecular weight is 288 g/mol. The molecular formula is C11H14BrNOS. The first-order chi connectivity index (χ1) is 7.25. The van der Waals surface area contributed by atoms with E-state index in [0.717, 1.165) is 22.4 Å². The van der Waals surface area contributed by atoms with Crippen molar-refractivity contribution in [1.29, 1.82) is 0 Å². The Labute approximate surface area is 102 Å². The van der Waals surface area contributed by atoms with E-state index >= 15 is 0 Å². The molecule has 1 unspecified atom stereocenters. The van der Waals surface area contributed by atoms with E-state index in [1.807, 2.05) is 11.4 Å². The molecule has 1 saturated heterocycles. The molecule has 1 aliphatic rings. The van der Waals surface area contributed by atoms with Crippen LogP contribution in [0.3, 0.4) is 0 Å². The second-order valence-electron chi connectivity index (χ2n) is 3.97. The molecule has 15 heavy (non-hydrogen) atoms. The van der Waals surface area contributed by atoms with Gasteiger partial charge in [-0.1, -0.05) is 0 Å². The van der Waals surface area contributed by atoms with E-state index < -0.39 is 0 Å². The van der Waals surface area contributed by atoms with Crippen molar-refractivity contribution in [3.05, 3.63) is 20.8 Å². The van der Waals surface area contributed by atoms with Gasteiger partial charge < -0.3 is 5.32 Å². The highest BCUT2D eigenvalue weighted by Crippen LogP contribution is 2.23. The Morgan fingerprint density at radius 3 is 3.13 bits per heavy atom. The minimum absolute atomic E-state index is 0.291. The fraction of sp³-hybridized carbons (Fsp3) is 0.545. The number of hydrogen-bond acceptors (Lipinski definition) is 3. The van der Waals surface area contributed by atoms with E-state index in [0.29, 0.717) is 18.1 Å². The highest BCUT2D eigenvalue weighted by Gasteiger charge is 2.18. The zero-order valence-electron chi connectivity index (χ0n) is 8.46. The summed E-state index contributed by atoms with van der Waals surface area (Å²) < 4.78 is 1.01. The first-order valence-corrected chi connectivity index (χ1v) is 6.91. The molecule has 1 aliphatic heterocycles. The first-order valence-electron chi connectivity index (χ1n) is 5.23. The van der Waals surface area contributed by atoms with Crippen LogP contribution in [0.5, 0.6) is 0 Å². The maximum atomic E-state index is 11.9. The minimum atomic E-state index is 0.291. The second-order valence-corrected chi connectivity index (χ2v) is 5.80. The van der Waals surface area contributed by atoms with E-state index in [2.05, 4.69) is 21.2 Å². The van der Waals surface area contributed by atoms with Gasteiger partial charge in [0.2, 0.25) is 0 Å². The maximum absolute atomic E-state index is 11.9. The molecule has 2 heterocycles. The summed E-state index contributed by atoms with van der Waals surface area (Å²) in [6, 6.07) is 1.92. The van der Waals surface area contributed by atoms with Gasteiger partial charge in [0.1, 0.15) is 0 Å². The molecule has 82 valence electrons. The number of Topliss-reactive ketones (excluding diaryl/α,β-unsaturated/α-hetero) is 1. The minimum Gasteiger partial charge on any atom is -0.316 e. The molecule has 0 spiro atoms. The fourth-order valence-electron chi connectivity index (χ4n) is 1.92. The van der Waals surface area contributed by atoms with Crippen molar-refractivity contribution in [2.45, 2.75) is 19.3 Å². The Balaban J connectivity index is 1.91. The van der Waals surface area contributed by atoms with Crippen LogP contribution in [0.4, 0.5) is 0 Å². The predicted molar refractivity (Wildman–Crippen MR) is 66.6 cm³/mol. The number of ketones is 1. The molecule has 1 fully saturated rings. The van der Waals surface area contributed by atoms with Gasteiger partial charge in [0.05, 0.1) is 4.88 Å². The zero-order chi connectivity index (χ0) is 10.7. The molecule has 0 radical (unpaired) electrons. The third-order valence-electron chi connectivity index (χ3n) is 2.72. The van der Waals surface area contributed by atoms with E-state index in [4.69, 9.17) is 0 Å². The van der Waals surface area contributed by atoms with Crippen molar-refractivity contribution in [3.63, 3.8) is 0 Å². The summed E-state index contributed by atoms with van der Waals surface area (Å²) in [4.78, 5) is 12.8. The quantitative estimate of drug-likeness (QED) is 0.866. The van der Waals surface area contributed by atoms with Gasteiger partial charge in [0.25, 0.3) is 0 Å². The molecule has 2 rings (SSSR count). The molecule has 1 aromatic rings. The van der Waals surface area contributed by atoms with Crippen LogP contribution in [-0.4, -0.2) is 18.9 Å². The summed E-state index contributed by atoms with van der Waals surface area (Å²) in [5.74, 6) is 0.825. The Morgan fingerprint density at radius 1 is 1.67 bits per heavy atom. The summed E-state index contributed by atoms with van der Waals surface area (Å²) in [6.07, 6.45) is 3.08. The summed E-state index contributed by atoms with van der Waals surface area (Å²) >= 11 is 4.90. The normalized spacial score (nSPS) is 21.5. The molecule has 1 atom stereocenters. The van der Waals surface area contributed by atoms with Crippen LogP contribution in [0.15, 0.2) is 15.9 Å². The standard InChI is InChI=1S/C11H14BrNOS/c12-9-5-11(15-7-9)10(14)4-8-2-1-3-13-6-8/h5,7-8,13H,1-4,6H2. The average Bonchev–Trinajstić information content (AvgIpc) is 2.66. The fourth-order valence-corrected chi connectivity index (χ4v) is 3.30. The number of halogens is 1. The highest BCUT2D eigenvalue weighted by atomic mass is 79.9. The predicted octanol–water partition coefficient (Wildman–Crippen LogP) is 3.08. The second kappa shape index (κ2) is 5.23. The first kappa shape index (κ1) is 11.3. The van der Waals surface area contributed by atoms with Gasteiger partial charge >= 0.3 is 0 Å². The topological polar surface area (TPSA) is 29.1 Å². The summed E-state index contributed by atoms with van der Waals surface area (Å²) in [5, 5.41) is 5.30. The lowest BCUT2D eigenvalue weighted by atomic mass is 9.94. The number of carbonyl (C=O) groups excluding carboxylic acids is 1. The molecular weight excluding hydrogens is 274 g/mol. The number of rotatable bonds is 3. The van der Waals surface area contributed by atoms with Gasteiger partial charge in [-0.25, -0.2) is 0 Å². The van der Waals surface area contributed by atoms with Crippen molar-refractivity contribution >= 4 is 33.0 Å². The molecule has 0 aromatic carbocycles. The van der Waals surface area contributed by atoms with Gasteiger partial charge in [0, 0.05) is 16.3 Å². The molecule has 0 saturated carbocycles. The SMILES string of the molecule is O=C(CC1CCCNC1)c1cc(Br)cs1. The van der Waals surface area contributed by atoms with Crippen LogP contribution in [0.25, 0.3) is 0 Å². The van der Waals surface area contributed by atoms with E-state index in [-0.39, 0.29) is 0 Å². The van der Waals surface area contributed by atoms with E-state index in [1.165, 1.54) is 24.2 Å². The molecule has 1 N–H and O–H groups in total. The third-order valence-corrected chi connectivity index (χ3v) is 4.45. The monoisotopic (exact) mass is 287 g/mol. The van der Waals surface area contributed by atoms with Crippen LogP contribution in [0.2, 0.25) is 0 Å². The Hall–Kier alpha value is -0.190. The van der Waals surface area contributed by atoms with Crippen molar-refractivity contribution in [1.82, 2.24) is 5.32 Å². The lowest BCUT2D eigenvalue weighted by Gasteiger charge is -2.21. The lowest BCUT2D eigenvalue weighted by molar-refractivity contribution is 0.0958. The van der Waals surface area contributed by atoms with Gasteiger partial charge in [-0.05, 0) is 53.8 Å². The van der Waals surface area contributed by atoms with Crippen LogP contribution in [-0.2, 0) is 0 Å². The summed E-state index contributed by atoms with van der Waals surface area (Å²) in [7, 11) is 0. The van der Waals surface area contributed by atoms with E-state index in [9.17, 15) is 4.79 Å². The number of nitrogens with one attached hydrogen (secondary N) is 1. The van der Waals surface area contributed by atoms with Crippen LogP contribution < -0.4 is 5.32 Å². The molecule has 0 amide bonds. The van der Waals surface area contributed by atoms with Gasteiger partial charge in [-0.3, -0.25) is 4.79 Å². The highest BCUT2D eigenvalue weighted by molar-refractivity contribution is 9.10. The van der Waals surface area contributed by atoms with Gasteiger partial charge in [-0.2, -0.15) is 0 Å². The molecule has 0 aliphatic carbocycles. The van der Waals surface area contributed by atoms with Gasteiger partial charge in [-0.15, -0.1) is 11.3 Å². The third kappa shape index (κ3) is 3.13. The molecule has 4 heteroatoms. The maximum Gasteiger partial charge on any atom is 0.173 e. The summed E-state index contributed by atoms with van der Waals surface area (Å²) in [6.45, 7) is 2.10. The Morgan fingerprint density at radius 2 is 2.53 bits per heavy atom. The Bertz CT molecular complexity index is 344. The van der Waals surface area contributed by atoms with Crippen LogP contribution in [0.1, 0.15) is 28.9 Å². The Kier molecular flexibility index (Phi) is 3.94. The number of thiophene rings is 1. The number of carbonyl (C=O) groups is 1. The van der Waals surface area contributed by atoms with Crippen molar-refractivity contribution in [2.75, 3.05) is 13.1 Å². The largest absolute Gasteiger partial charge is 0.316 e. The number of piperidine rings is 1. The lowest BCUT2D eigenvalue weighted by Crippen LogP contribution is -2.30. The zero-order valence-corrected chi connectivity index (χ0v) is 10.9. The molecule has 2 nitrogen and oxygen atoms in total. The summed E-state index contributed by atoms with van der Waals surface area (Å²) in [5.41, 5.74) is 0. The smallest absolute Gasteiger partial charge is 0.173 e. The van der Waals surface area contributed by atoms with Crippen molar-refractivity contribution < 1.29 is 4.79 Å².